The van der Waals surface area contributed by atoms with E-state index in [4.69, 9.17) is 24.0 Å². The summed E-state index contributed by atoms with van der Waals surface area (Å²) in [7, 11) is 4.48. The van der Waals surface area contributed by atoms with Gasteiger partial charge in [-0.25, -0.2) is 4.79 Å². The van der Waals surface area contributed by atoms with Gasteiger partial charge in [0.1, 0.15) is 11.3 Å². The Bertz CT molecular complexity index is 529. The summed E-state index contributed by atoms with van der Waals surface area (Å²) < 4.78 is 15.6. The number of unbranched alkanes of at least 4 members (excludes halogenated alkanes) is 7. The minimum absolute atomic E-state index is 0.218. The number of rotatable bonds is 14. The normalized spacial score (nSPS) is 10.5. The summed E-state index contributed by atoms with van der Waals surface area (Å²) in [5, 5.41) is 0. The van der Waals surface area contributed by atoms with Crippen molar-refractivity contribution in [2.75, 3.05) is 27.9 Å². The molecule has 1 aromatic carbocycles. The predicted molar refractivity (Wildman–Crippen MR) is 99.8 cm³/mol. The Balaban J connectivity index is 2.35. The number of carbonyl (C=O) groups excluding carboxylic acids is 1. The van der Waals surface area contributed by atoms with E-state index in [1.807, 2.05) is 0 Å². The molecule has 0 fully saturated rings. The van der Waals surface area contributed by atoms with E-state index in [0.29, 0.717) is 23.9 Å². The maximum atomic E-state index is 12.2. The highest BCUT2D eigenvalue weighted by Crippen LogP contribution is 2.34. The third kappa shape index (κ3) is 7.52. The van der Waals surface area contributed by atoms with Gasteiger partial charge in [0, 0.05) is 12.1 Å². The van der Waals surface area contributed by atoms with Crippen LogP contribution in [0.3, 0.4) is 0 Å². The molecule has 6 heteroatoms. The summed E-state index contributed by atoms with van der Waals surface area (Å²) >= 11 is 0. The van der Waals surface area contributed by atoms with E-state index in [-0.39, 0.29) is 5.56 Å². The van der Waals surface area contributed by atoms with Crippen molar-refractivity contribution in [3.63, 3.8) is 0 Å². The van der Waals surface area contributed by atoms with Gasteiger partial charge in [0.25, 0.3) is 0 Å². The molecule has 0 aromatic heterocycles. The predicted octanol–water partition coefficient (Wildman–Crippen LogP) is 4.76. The van der Waals surface area contributed by atoms with Gasteiger partial charge < -0.3 is 14.2 Å². The fraction of sp³-hybridized carbons (Fsp3) is 0.600. The first-order valence-corrected chi connectivity index (χ1v) is 9.11. The molecular weight excluding hydrogens is 336 g/mol. The third-order valence-corrected chi connectivity index (χ3v) is 4.04. The molecule has 0 aliphatic carbocycles. The second-order valence-corrected chi connectivity index (χ2v) is 5.93. The average Bonchev–Trinajstić information content (AvgIpc) is 2.67. The fourth-order valence-electron chi connectivity index (χ4n) is 2.55. The number of carbonyl (C=O) groups is 1. The smallest absolute Gasteiger partial charge is 0.376 e. The summed E-state index contributed by atoms with van der Waals surface area (Å²) in [6.07, 6.45) is 9.03. The van der Waals surface area contributed by atoms with E-state index in [1.165, 1.54) is 53.1 Å². The van der Waals surface area contributed by atoms with Crippen LogP contribution >= 0.6 is 0 Å². The quantitative estimate of drug-likeness (QED) is 0.268. The van der Waals surface area contributed by atoms with Crippen molar-refractivity contribution >= 4 is 5.97 Å². The minimum Gasteiger partial charge on any atom is -0.496 e. The van der Waals surface area contributed by atoms with Crippen LogP contribution in [0.2, 0.25) is 0 Å². The van der Waals surface area contributed by atoms with Crippen LogP contribution in [0.15, 0.2) is 12.1 Å². The highest BCUT2D eigenvalue weighted by Gasteiger charge is 2.19. The highest BCUT2D eigenvalue weighted by atomic mass is 17.2. The summed E-state index contributed by atoms with van der Waals surface area (Å²) in [5.41, 5.74) is 0.218. The van der Waals surface area contributed by atoms with Gasteiger partial charge in [-0.15, -0.1) is 0 Å². The molecule has 1 rings (SSSR count). The molecule has 0 amide bonds. The number of hydrogen-bond donors (Lipinski definition) is 0. The van der Waals surface area contributed by atoms with Crippen LogP contribution < -0.4 is 14.2 Å². The van der Waals surface area contributed by atoms with Crippen molar-refractivity contribution in [1.82, 2.24) is 0 Å². The molecule has 0 bridgehead atoms. The largest absolute Gasteiger partial charge is 0.496 e. The van der Waals surface area contributed by atoms with Crippen LogP contribution in [-0.2, 0) is 9.78 Å². The standard InChI is InChI=1S/C20H31O6/c1-5-6-7-8-9-10-11-12-13-25-26-20(21)16-14-18(23-3)19(24-4)15-17(16)22-2/h14-15H,1,5-13H2,2-4H3. The monoisotopic (exact) mass is 367 g/mol. The van der Waals surface area contributed by atoms with Crippen molar-refractivity contribution in [2.24, 2.45) is 0 Å². The topological polar surface area (TPSA) is 63.2 Å². The van der Waals surface area contributed by atoms with Crippen LogP contribution in [0.25, 0.3) is 0 Å². The van der Waals surface area contributed by atoms with Gasteiger partial charge in [-0.1, -0.05) is 51.9 Å². The molecule has 6 nitrogen and oxygen atoms in total. The number of methoxy groups -OCH3 is 3. The van der Waals surface area contributed by atoms with Gasteiger partial charge in [-0.3, -0.25) is 4.89 Å². The highest BCUT2D eigenvalue weighted by molar-refractivity contribution is 5.93. The van der Waals surface area contributed by atoms with Crippen LogP contribution in [-0.4, -0.2) is 33.9 Å². The first-order valence-electron chi connectivity index (χ1n) is 9.11. The van der Waals surface area contributed by atoms with Crippen LogP contribution in [0.1, 0.15) is 61.7 Å². The molecule has 0 saturated heterocycles. The lowest BCUT2D eigenvalue weighted by Gasteiger charge is -2.13. The first-order chi connectivity index (χ1) is 12.7. The second-order valence-electron chi connectivity index (χ2n) is 5.93. The van der Waals surface area contributed by atoms with E-state index < -0.39 is 5.97 Å². The second kappa shape index (κ2) is 13.3. The lowest BCUT2D eigenvalue weighted by molar-refractivity contribution is -0.241. The Morgan fingerprint density at radius 3 is 1.92 bits per heavy atom. The van der Waals surface area contributed by atoms with Crippen molar-refractivity contribution in [2.45, 2.75) is 51.4 Å². The Morgan fingerprint density at radius 1 is 0.808 bits per heavy atom. The van der Waals surface area contributed by atoms with E-state index in [0.717, 1.165) is 25.7 Å². The lowest BCUT2D eigenvalue weighted by Crippen LogP contribution is -2.09. The van der Waals surface area contributed by atoms with Crippen LogP contribution in [0, 0.1) is 6.92 Å². The molecule has 0 unspecified atom stereocenters. The molecule has 0 N–H and O–H groups in total. The van der Waals surface area contributed by atoms with Crippen molar-refractivity contribution < 1.29 is 28.8 Å². The summed E-state index contributed by atoms with van der Waals surface area (Å²) in [6, 6.07) is 3.08. The van der Waals surface area contributed by atoms with Gasteiger partial charge in [0.05, 0.1) is 27.9 Å². The van der Waals surface area contributed by atoms with Crippen molar-refractivity contribution in [3.05, 3.63) is 24.6 Å². The maximum absolute atomic E-state index is 12.2. The van der Waals surface area contributed by atoms with E-state index in [1.54, 1.807) is 6.07 Å². The SMILES string of the molecule is [CH2]CCCCCCCCCOOC(=O)c1cc(OC)c(OC)cc1OC. The van der Waals surface area contributed by atoms with Gasteiger partial charge in [-0.2, -0.15) is 4.89 Å². The van der Waals surface area contributed by atoms with Crippen LogP contribution in [0.4, 0.5) is 0 Å². The fourth-order valence-corrected chi connectivity index (χ4v) is 2.55. The summed E-state index contributed by atoms with van der Waals surface area (Å²) in [6.45, 7) is 4.21. The zero-order valence-electron chi connectivity index (χ0n) is 16.2. The van der Waals surface area contributed by atoms with E-state index in [9.17, 15) is 4.79 Å². The maximum Gasteiger partial charge on any atom is 0.376 e. The zero-order valence-corrected chi connectivity index (χ0v) is 16.2. The molecule has 0 heterocycles. The number of ether oxygens (including phenoxy) is 3. The lowest BCUT2D eigenvalue weighted by atomic mass is 10.1. The minimum atomic E-state index is -0.629. The molecular formula is C20H31O6. The number of benzene rings is 1. The average molecular weight is 367 g/mol. The molecule has 0 saturated carbocycles. The van der Waals surface area contributed by atoms with Gasteiger partial charge in [0.15, 0.2) is 11.5 Å². The molecule has 26 heavy (non-hydrogen) atoms. The Morgan fingerprint density at radius 2 is 1.35 bits per heavy atom. The zero-order chi connectivity index (χ0) is 19.2. The van der Waals surface area contributed by atoms with E-state index in [2.05, 4.69) is 6.92 Å². The summed E-state index contributed by atoms with van der Waals surface area (Å²) in [4.78, 5) is 22.1. The summed E-state index contributed by atoms with van der Waals surface area (Å²) in [5.74, 6) is 0.589. The molecule has 0 atom stereocenters. The molecule has 0 aliphatic heterocycles. The van der Waals surface area contributed by atoms with Gasteiger partial charge in [-0.05, 0) is 6.42 Å². The molecule has 0 aliphatic rings. The van der Waals surface area contributed by atoms with Crippen LogP contribution in [0.5, 0.6) is 17.2 Å². The molecule has 147 valence electrons. The third-order valence-electron chi connectivity index (χ3n) is 4.04. The Hall–Kier alpha value is -1.95. The molecule has 1 radical (unpaired) electrons. The van der Waals surface area contributed by atoms with Gasteiger partial charge >= 0.3 is 5.97 Å². The van der Waals surface area contributed by atoms with Crippen molar-refractivity contribution in [1.29, 1.82) is 0 Å². The first kappa shape index (κ1) is 22.1. The van der Waals surface area contributed by atoms with Crippen molar-refractivity contribution in [3.8, 4) is 17.2 Å². The van der Waals surface area contributed by atoms with Gasteiger partial charge in [0.2, 0.25) is 0 Å². The Labute approximate surface area is 156 Å². The number of hydrogen-bond acceptors (Lipinski definition) is 6. The molecule has 1 aromatic rings. The van der Waals surface area contributed by atoms with E-state index >= 15 is 0 Å². The Kier molecular flexibility index (Phi) is 11.3. The molecule has 0 spiro atoms.